The minimum Gasteiger partial charge on any atom is -0.494 e. The average Bonchev–Trinajstić information content (AvgIpc) is 2.83. The van der Waals surface area contributed by atoms with Crippen molar-refractivity contribution in [1.29, 1.82) is 0 Å². The summed E-state index contributed by atoms with van der Waals surface area (Å²) in [5.41, 5.74) is 4.58. The van der Waals surface area contributed by atoms with Crippen LogP contribution in [0, 0.1) is 12.8 Å². The molecule has 1 aromatic carbocycles. The van der Waals surface area contributed by atoms with Crippen LogP contribution in [-0.4, -0.2) is 34.6 Å². The monoisotopic (exact) mass is 479 g/mol. The Balaban J connectivity index is 1.47. The van der Waals surface area contributed by atoms with Gasteiger partial charge in [0.15, 0.2) is 5.82 Å². The van der Waals surface area contributed by atoms with Crippen LogP contribution < -0.4 is 15.0 Å². The molecule has 0 atom stereocenters. The molecule has 2 aromatic heterocycles. The topological polar surface area (TPSA) is 63.2 Å². The van der Waals surface area contributed by atoms with E-state index < -0.39 is 0 Å². The molecule has 4 rings (SSSR count). The van der Waals surface area contributed by atoms with Gasteiger partial charge >= 0.3 is 0 Å². The number of nitrogens with one attached hydrogen (secondary N) is 1. The lowest BCUT2D eigenvalue weighted by molar-refractivity contribution is 0.335. The molecule has 0 bridgehead atoms. The Bertz CT molecular complexity index is 1100. The number of pyridine rings is 1. The second-order valence-electron chi connectivity index (χ2n) is 9.27. The zero-order valence-electron chi connectivity index (χ0n) is 20.5. The molecule has 180 valence electrons. The SMILES string of the molecule is CCOc1cc(C)c(Nc2nc(N3CCC(Cc4ccncc4)CC3)ncc2Cl)cc1C(C)C. The van der Waals surface area contributed by atoms with Gasteiger partial charge in [0.1, 0.15) is 10.8 Å². The maximum absolute atomic E-state index is 6.50. The van der Waals surface area contributed by atoms with Crippen molar-refractivity contribution in [3.05, 3.63) is 64.6 Å². The minimum atomic E-state index is 0.340. The molecule has 1 aliphatic rings. The average molecular weight is 480 g/mol. The highest BCUT2D eigenvalue weighted by molar-refractivity contribution is 6.32. The molecule has 1 aliphatic heterocycles. The van der Waals surface area contributed by atoms with Crippen LogP contribution in [0.5, 0.6) is 5.75 Å². The van der Waals surface area contributed by atoms with Crippen LogP contribution >= 0.6 is 11.6 Å². The van der Waals surface area contributed by atoms with Gasteiger partial charge < -0.3 is 15.0 Å². The third-order valence-corrected chi connectivity index (χ3v) is 6.71. The van der Waals surface area contributed by atoms with Crippen molar-refractivity contribution in [2.24, 2.45) is 5.92 Å². The highest BCUT2D eigenvalue weighted by atomic mass is 35.5. The Morgan fingerprint density at radius 1 is 1.18 bits per heavy atom. The van der Waals surface area contributed by atoms with Gasteiger partial charge in [-0.25, -0.2) is 4.98 Å². The first-order valence-electron chi connectivity index (χ1n) is 12.1. The van der Waals surface area contributed by atoms with Crippen LogP contribution in [0.15, 0.2) is 42.9 Å². The van der Waals surface area contributed by atoms with Gasteiger partial charge in [-0.3, -0.25) is 4.98 Å². The number of aromatic nitrogens is 3. The van der Waals surface area contributed by atoms with Gasteiger partial charge in [-0.15, -0.1) is 0 Å². The number of rotatable bonds is 8. The van der Waals surface area contributed by atoms with Crippen molar-refractivity contribution >= 4 is 29.1 Å². The molecule has 6 nitrogen and oxygen atoms in total. The predicted octanol–water partition coefficient (Wildman–Crippen LogP) is 6.56. The van der Waals surface area contributed by atoms with Crippen molar-refractivity contribution in [3.8, 4) is 5.75 Å². The van der Waals surface area contributed by atoms with Crippen LogP contribution in [-0.2, 0) is 6.42 Å². The third kappa shape index (κ3) is 5.79. The van der Waals surface area contributed by atoms with E-state index in [1.54, 1.807) is 6.20 Å². The largest absolute Gasteiger partial charge is 0.494 e. The highest BCUT2D eigenvalue weighted by Gasteiger charge is 2.22. The summed E-state index contributed by atoms with van der Waals surface area (Å²) in [5.74, 6) is 3.30. The smallest absolute Gasteiger partial charge is 0.227 e. The van der Waals surface area contributed by atoms with E-state index in [1.807, 2.05) is 19.3 Å². The van der Waals surface area contributed by atoms with E-state index in [-0.39, 0.29) is 0 Å². The minimum absolute atomic E-state index is 0.340. The molecule has 0 saturated carbocycles. The fraction of sp³-hybridized carbons (Fsp3) is 0.444. The molecular weight excluding hydrogens is 446 g/mol. The number of halogens is 1. The Labute approximate surface area is 207 Å². The molecule has 3 aromatic rings. The molecule has 0 unspecified atom stereocenters. The first-order valence-corrected chi connectivity index (χ1v) is 12.5. The summed E-state index contributed by atoms with van der Waals surface area (Å²) in [6, 6.07) is 8.46. The van der Waals surface area contributed by atoms with Crippen LogP contribution in [0.25, 0.3) is 0 Å². The van der Waals surface area contributed by atoms with E-state index in [0.29, 0.717) is 29.3 Å². The number of aryl methyl sites for hydroxylation is 1. The molecule has 1 fully saturated rings. The van der Waals surface area contributed by atoms with E-state index in [2.05, 4.69) is 65.2 Å². The lowest BCUT2D eigenvalue weighted by atomic mass is 9.90. The highest BCUT2D eigenvalue weighted by Crippen LogP contribution is 2.35. The van der Waals surface area contributed by atoms with Gasteiger partial charge in [-0.05, 0) is 85.9 Å². The summed E-state index contributed by atoms with van der Waals surface area (Å²) in [4.78, 5) is 15.7. The molecule has 0 radical (unpaired) electrons. The van der Waals surface area contributed by atoms with Gasteiger partial charge in [0.25, 0.3) is 0 Å². The standard InChI is InChI=1S/C27H34ClN5O/c1-5-34-25-14-19(4)24(16-22(25)18(2)3)31-26-23(28)17-30-27(32-26)33-12-8-21(9-13-33)15-20-6-10-29-11-7-20/h6-7,10-11,14,16-18,21H,5,8-9,12-13,15H2,1-4H3,(H,30,31,32). The van der Waals surface area contributed by atoms with Crippen LogP contribution in [0.1, 0.15) is 56.2 Å². The van der Waals surface area contributed by atoms with Gasteiger partial charge in [-0.1, -0.05) is 25.4 Å². The molecule has 34 heavy (non-hydrogen) atoms. The number of hydrogen-bond acceptors (Lipinski definition) is 6. The summed E-state index contributed by atoms with van der Waals surface area (Å²) in [7, 11) is 0. The Morgan fingerprint density at radius 2 is 1.91 bits per heavy atom. The Hall–Kier alpha value is -2.86. The van der Waals surface area contributed by atoms with E-state index in [1.165, 1.54) is 5.56 Å². The zero-order valence-corrected chi connectivity index (χ0v) is 21.3. The molecule has 0 aliphatic carbocycles. The summed E-state index contributed by atoms with van der Waals surface area (Å²) >= 11 is 6.50. The van der Waals surface area contributed by atoms with Crippen molar-refractivity contribution in [2.45, 2.75) is 52.9 Å². The van der Waals surface area contributed by atoms with E-state index in [9.17, 15) is 0 Å². The molecule has 0 spiro atoms. The number of benzene rings is 1. The lowest BCUT2D eigenvalue weighted by Gasteiger charge is -2.32. The first kappa shape index (κ1) is 24.3. The Morgan fingerprint density at radius 3 is 2.59 bits per heavy atom. The van der Waals surface area contributed by atoms with E-state index in [4.69, 9.17) is 21.3 Å². The maximum Gasteiger partial charge on any atom is 0.227 e. The van der Waals surface area contributed by atoms with Crippen molar-refractivity contribution in [3.63, 3.8) is 0 Å². The molecule has 0 amide bonds. The van der Waals surface area contributed by atoms with Gasteiger partial charge in [0.05, 0.1) is 12.8 Å². The number of piperidine rings is 1. The molecular formula is C27H34ClN5O. The third-order valence-electron chi connectivity index (χ3n) is 6.43. The number of anilines is 3. The molecule has 3 heterocycles. The Kier molecular flexibility index (Phi) is 7.88. The fourth-order valence-corrected chi connectivity index (χ4v) is 4.62. The lowest BCUT2D eigenvalue weighted by Crippen LogP contribution is -2.35. The summed E-state index contributed by atoms with van der Waals surface area (Å²) in [6.45, 7) is 10.9. The van der Waals surface area contributed by atoms with Crippen molar-refractivity contribution in [2.75, 3.05) is 29.9 Å². The fourth-order valence-electron chi connectivity index (χ4n) is 4.48. The van der Waals surface area contributed by atoms with Gasteiger partial charge in [0.2, 0.25) is 5.95 Å². The summed E-state index contributed by atoms with van der Waals surface area (Å²) < 4.78 is 5.86. The second kappa shape index (κ2) is 11.0. The second-order valence-corrected chi connectivity index (χ2v) is 9.68. The molecule has 7 heteroatoms. The first-order chi connectivity index (χ1) is 16.4. The quantitative estimate of drug-likeness (QED) is 0.394. The summed E-state index contributed by atoms with van der Waals surface area (Å²) in [5, 5.41) is 3.96. The normalized spacial score (nSPS) is 14.5. The zero-order chi connectivity index (χ0) is 24.1. The van der Waals surface area contributed by atoms with Crippen LogP contribution in [0.4, 0.5) is 17.5 Å². The van der Waals surface area contributed by atoms with Gasteiger partial charge in [-0.2, -0.15) is 4.98 Å². The van der Waals surface area contributed by atoms with Crippen molar-refractivity contribution in [1.82, 2.24) is 15.0 Å². The molecule has 1 N–H and O–H groups in total. The predicted molar refractivity (Wildman–Crippen MR) is 140 cm³/mol. The maximum atomic E-state index is 6.50. The number of nitrogens with zero attached hydrogens (tertiary/aromatic N) is 4. The van der Waals surface area contributed by atoms with Gasteiger partial charge in [0, 0.05) is 31.2 Å². The van der Waals surface area contributed by atoms with Crippen LogP contribution in [0.2, 0.25) is 5.02 Å². The summed E-state index contributed by atoms with van der Waals surface area (Å²) in [6.07, 6.45) is 8.77. The van der Waals surface area contributed by atoms with Crippen molar-refractivity contribution < 1.29 is 4.74 Å². The number of ether oxygens (including phenoxy) is 1. The van der Waals surface area contributed by atoms with Crippen LogP contribution in [0.3, 0.4) is 0 Å². The molecule has 1 saturated heterocycles. The van der Waals surface area contributed by atoms with E-state index >= 15 is 0 Å². The number of hydrogen-bond donors (Lipinski definition) is 1. The van der Waals surface area contributed by atoms with E-state index in [0.717, 1.165) is 60.9 Å².